The van der Waals surface area contributed by atoms with Crippen LogP contribution in [0.3, 0.4) is 0 Å². The van der Waals surface area contributed by atoms with Crippen LogP contribution >= 0.6 is 0 Å². The van der Waals surface area contributed by atoms with Gasteiger partial charge in [0, 0.05) is 24.9 Å². The lowest BCUT2D eigenvalue weighted by atomic mass is 10.1. The van der Waals surface area contributed by atoms with Gasteiger partial charge in [-0.05, 0) is 50.1 Å². The number of aliphatic imine (C=N–C) groups is 1. The summed E-state index contributed by atoms with van der Waals surface area (Å²) in [6, 6.07) is 6.03. The smallest absolute Gasteiger partial charge is 0.146 e. The topological polar surface area (TPSA) is 94.9 Å². The van der Waals surface area contributed by atoms with Crippen LogP contribution in [-0.2, 0) is 4.74 Å². The Morgan fingerprint density at radius 1 is 1.21 bits per heavy atom. The molecule has 152 valence electrons. The van der Waals surface area contributed by atoms with Gasteiger partial charge < -0.3 is 20.5 Å². The highest BCUT2D eigenvalue weighted by Crippen LogP contribution is 2.26. The Morgan fingerprint density at radius 2 is 2.00 bits per heavy atom. The Bertz CT molecular complexity index is 781. The first kappa shape index (κ1) is 21.7. The average molecular weight is 385 g/mol. The van der Waals surface area contributed by atoms with E-state index in [4.69, 9.17) is 20.9 Å². The van der Waals surface area contributed by atoms with Crippen LogP contribution in [0, 0.1) is 12.3 Å². The fourth-order valence-corrected chi connectivity index (χ4v) is 3.02. The molecule has 6 heteroatoms. The number of aryl methyl sites for hydroxylation is 1. The van der Waals surface area contributed by atoms with Gasteiger partial charge in [-0.2, -0.15) is 0 Å². The monoisotopic (exact) mass is 384 g/mol. The quantitative estimate of drug-likeness (QED) is 0.422. The zero-order valence-corrected chi connectivity index (χ0v) is 17.2. The van der Waals surface area contributed by atoms with Crippen molar-refractivity contribution in [2.75, 3.05) is 31.2 Å². The molecule has 0 unspecified atom stereocenters. The molecule has 0 radical (unpaired) electrons. The second-order valence-corrected chi connectivity index (χ2v) is 6.85. The van der Waals surface area contributed by atoms with Gasteiger partial charge in [0.15, 0.2) is 0 Å². The summed E-state index contributed by atoms with van der Waals surface area (Å²) in [5.41, 5.74) is 10.4. The van der Waals surface area contributed by atoms with E-state index in [-0.39, 0.29) is 12.3 Å². The predicted molar refractivity (Wildman–Crippen MR) is 117 cm³/mol. The van der Waals surface area contributed by atoms with E-state index in [9.17, 15) is 5.11 Å². The highest BCUT2D eigenvalue weighted by atomic mass is 16.5. The van der Waals surface area contributed by atoms with Crippen LogP contribution in [0.15, 0.2) is 46.8 Å². The molecule has 2 rings (SSSR count). The lowest BCUT2D eigenvalue weighted by Crippen LogP contribution is -2.26. The minimum atomic E-state index is 0.121. The summed E-state index contributed by atoms with van der Waals surface area (Å²) in [7, 11) is 0. The highest BCUT2D eigenvalue weighted by molar-refractivity contribution is 6.22. The Morgan fingerprint density at radius 3 is 2.64 bits per heavy atom. The first-order valence-corrected chi connectivity index (χ1v) is 9.96. The molecule has 0 fully saturated rings. The molecule has 0 saturated carbocycles. The third-order valence-electron chi connectivity index (χ3n) is 4.67. The fraction of sp³-hybridized carbons (Fsp3) is 0.455. The molecule has 0 spiro atoms. The van der Waals surface area contributed by atoms with Crippen molar-refractivity contribution in [2.24, 2.45) is 10.7 Å². The number of hydrogen-bond acceptors (Lipinski definition) is 6. The van der Waals surface area contributed by atoms with Gasteiger partial charge >= 0.3 is 0 Å². The Labute approximate surface area is 167 Å². The molecular weight excluding hydrogens is 352 g/mol. The summed E-state index contributed by atoms with van der Waals surface area (Å²) in [5, 5.41) is 17.3. The molecule has 28 heavy (non-hydrogen) atoms. The second-order valence-electron chi connectivity index (χ2n) is 6.85. The molecule has 0 aliphatic heterocycles. The van der Waals surface area contributed by atoms with Crippen molar-refractivity contribution in [3.63, 3.8) is 0 Å². The van der Waals surface area contributed by atoms with Crippen molar-refractivity contribution < 1.29 is 9.84 Å². The molecule has 0 atom stereocenters. The number of aliphatic hydroxyl groups excluding tert-OH is 1. The van der Waals surface area contributed by atoms with Crippen molar-refractivity contribution in [3.8, 4) is 0 Å². The Hall–Kier alpha value is -2.60. The number of likely N-dealkylation sites (N-methyl/N-ethyl adjacent to an activating group) is 1. The van der Waals surface area contributed by atoms with Crippen LogP contribution < -0.4 is 10.6 Å². The minimum absolute atomic E-state index is 0.121. The molecule has 6 nitrogen and oxygen atoms in total. The van der Waals surface area contributed by atoms with E-state index in [1.54, 1.807) is 12.2 Å². The van der Waals surface area contributed by atoms with Gasteiger partial charge in [-0.25, -0.2) is 4.99 Å². The van der Waals surface area contributed by atoms with Crippen LogP contribution in [-0.4, -0.2) is 42.8 Å². The van der Waals surface area contributed by atoms with Gasteiger partial charge in [0.1, 0.15) is 5.76 Å². The first-order valence-electron chi connectivity index (χ1n) is 9.96. The SMILES string of the molecule is CCCCCOC1=CC(=Nc2ccc(N(CC)CCO)cc2C)C(N)=CC1=N. The number of nitrogens with two attached hydrogens (primary N) is 1. The summed E-state index contributed by atoms with van der Waals surface area (Å²) >= 11 is 0. The van der Waals surface area contributed by atoms with E-state index in [0.29, 0.717) is 30.3 Å². The predicted octanol–water partition coefficient (Wildman–Crippen LogP) is 3.85. The third kappa shape index (κ3) is 5.70. The Balaban J connectivity index is 2.23. The number of ether oxygens (including phenoxy) is 1. The molecule has 0 saturated heterocycles. The zero-order valence-electron chi connectivity index (χ0n) is 17.2. The lowest BCUT2D eigenvalue weighted by molar-refractivity contribution is 0.224. The van der Waals surface area contributed by atoms with Crippen LogP contribution in [0.5, 0.6) is 0 Å². The normalized spacial score (nSPS) is 15.4. The highest BCUT2D eigenvalue weighted by Gasteiger charge is 2.16. The van der Waals surface area contributed by atoms with E-state index in [1.807, 2.05) is 19.1 Å². The number of hydrogen-bond donors (Lipinski definition) is 3. The number of nitrogens with one attached hydrogen (secondary N) is 1. The van der Waals surface area contributed by atoms with Crippen LogP contribution in [0.2, 0.25) is 0 Å². The van der Waals surface area contributed by atoms with Gasteiger partial charge in [-0.15, -0.1) is 0 Å². The lowest BCUT2D eigenvalue weighted by Gasteiger charge is -2.22. The number of unbranched alkanes of at least 4 members (excludes halogenated alkanes) is 2. The zero-order chi connectivity index (χ0) is 20.5. The Kier molecular flexibility index (Phi) is 8.26. The summed E-state index contributed by atoms with van der Waals surface area (Å²) in [4.78, 5) is 6.82. The van der Waals surface area contributed by atoms with Crippen molar-refractivity contribution in [1.82, 2.24) is 0 Å². The van der Waals surface area contributed by atoms with Crippen molar-refractivity contribution in [1.29, 1.82) is 5.41 Å². The van der Waals surface area contributed by atoms with Gasteiger partial charge in [-0.1, -0.05) is 19.8 Å². The summed E-state index contributed by atoms with van der Waals surface area (Å²) < 4.78 is 5.76. The molecule has 1 aromatic rings. The van der Waals surface area contributed by atoms with E-state index < -0.39 is 0 Å². The molecule has 1 aliphatic carbocycles. The number of nitrogens with zero attached hydrogens (tertiary/aromatic N) is 2. The average Bonchev–Trinajstić information content (AvgIpc) is 2.67. The van der Waals surface area contributed by atoms with Crippen LogP contribution in [0.1, 0.15) is 38.7 Å². The molecule has 0 heterocycles. The second kappa shape index (κ2) is 10.7. The van der Waals surface area contributed by atoms with E-state index in [2.05, 4.69) is 24.8 Å². The number of benzene rings is 1. The van der Waals surface area contributed by atoms with Crippen LogP contribution in [0.4, 0.5) is 11.4 Å². The maximum absolute atomic E-state index is 9.22. The van der Waals surface area contributed by atoms with E-state index >= 15 is 0 Å². The van der Waals surface area contributed by atoms with Gasteiger partial charge in [0.25, 0.3) is 0 Å². The summed E-state index contributed by atoms with van der Waals surface area (Å²) in [6.45, 7) is 8.36. The van der Waals surface area contributed by atoms with E-state index in [0.717, 1.165) is 42.7 Å². The largest absolute Gasteiger partial charge is 0.491 e. The molecule has 1 aliphatic rings. The first-order chi connectivity index (χ1) is 13.5. The third-order valence-corrected chi connectivity index (χ3v) is 4.67. The number of rotatable bonds is 10. The fourth-order valence-electron chi connectivity index (χ4n) is 3.02. The van der Waals surface area contributed by atoms with E-state index in [1.165, 1.54) is 0 Å². The van der Waals surface area contributed by atoms with Gasteiger partial charge in [0.2, 0.25) is 0 Å². The molecular formula is C22H32N4O2. The number of anilines is 1. The maximum Gasteiger partial charge on any atom is 0.146 e. The van der Waals surface area contributed by atoms with Gasteiger partial charge in [0.05, 0.1) is 36.0 Å². The van der Waals surface area contributed by atoms with Crippen molar-refractivity contribution in [2.45, 2.75) is 40.0 Å². The van der Waals surface area contributed by atoms with Gasteiger partial charge in [-0.3, -0.25) is 5.41 Å². The molecule has 0 bridgehead atoms. The number of allylic oxidation sites excluding steroid dienone is 2. The van der Waals surface area contributed by atoms with Crippen LogP contribution in [0.25, 0.3) is 0 Å². The molecule has 1 aromatic carbocycles. The van der Waals surface area contributed by atoms with Crippen molar-refractivity contribution >= 4 is 22.8 Å². The molecule has 0 aromatic heterocycles. The standard InChI is InChI=1S/C22H32N4O2/c1-4-6-7-12-28-22-15-21(18(23)14-19(22)24)25-20-9-8-17(13-16(20)3)26(5-2)10-11-27/h8-9,13-15,24,27H,4-7,10-12,23H2,1-3H3. The molecule has 4 N–H and O–H groups in total. The summed E-state index contributed by atoms with van der Waals surface area (Å²) in [5.74, 6) is 0.512. The molecule has 0 amide bonds. The maximum atomic E-state index is 9.22. The minimum Gasteiger partial charge on any atom is -0.491 e. The van der Waals surface area contributed by atoms with Crippen molar-refractivity contribution in [3.05, 3.63) is 47.4 Å². The summed E-state index contributed by atoms with van der Waals surface area (Å²) in [6.07, 6.45) is 6.55. The number of aliphatic hydroxyl groups is 1.